The van der Waals surface area contributed by atoms with Crippen molar-refractivity contribution in [2.75, 3.05) is 6.61 Å². The lowest BCUT2D eigenvalue weighted by atomic mass is 9.66. The molecule has 2 fully saturated rings. The molecule has 2 atom stereocenters. The van der Waals surface area contributed by atoms with Crippen LogP contribution in [0.15, 0.2) is 24.3 Å². The minimum Gasteiger partial charge on any atom is -0.494 e. The lowest BCUT2D eigenvalue weighted by Gasteiger charge is -2.42. The number of unbranched alkanes of at least 4 members (excludes halogenated alkanes) is 11. The van der Waals surface area contributed by atoms with E-state index >= 15 is 8.78 Å². The van der Waals surface area contributed by atoms with Gasteiger partial charge in [-0.2, -0.15) is 0 Å². The van der Waals surface area contributed by atoms with Gasteiger partial charge in [-0.3, -0.25) is 0 Å². The van der Waals surface area contributed by atoms with Crippen LogP contribution in [0.3, 0.4) is 0 Å². The Bertz CT molecular complexity index is 722. The molecule has 3 rings (SSSR count). The standard InChI is InChI=1S/C35H58F2O/c1-3-5-7-9-11-12-14-16-29-17-19-31(20-18-29)34-26-23-32(28-35(34,36)37)30-21-24-33(25-22-30)38-27-15-13-10-8-6-4-2/h21-22,24-25,29,31-32,34H,3-20,23,26-28H2,1-2H3/t29?,31?,32-,34+/m0/s1. The molecule has 0 unspecified atom stereocenters. The second kappa shape index (κ2) is 17.5. The zero-order chi connectivity index (χ0) is 27.1. The van der Waals surface area contributed by atoms with Crippen LogP contribution in [0.25, 0.3) is 0 Å². The second-order valence-electron chi connectivity index (χ2n) is 12.7. The van der Waals surface area contributed by atoms with E-state index in [0.29, 0.717) is 6.42 Å². The molecule has 0 radical (unpaired) electrons. The van der Waals surface area contributed by atoms with Crippen molar-refractivity contribution < 1.29 is 13.5 Å². The Hall–Kier alpha value is -1.12. The third-order valence-corrected chi connectivity index (χ3v) is 9.68. The molecule has 1 nitrogen and oxygen atoms in total. The largest absolute Gasteiger partial charge is 0.494 e. The highest BCUT2D eigenvalue weighted by Crippen LogP contribution is 2.51. The quantitative estimate of drug-likeness (QED) is 0.171. The van der Waals surface area contributed by atoms with Gasteiger partial charge in [0.1, 0.15) is 5.75 Å². The molecule has 0 aromatic heterocycles. The number of benzene rings is 1. The summed E-state index contributed by atoms with van der Waals surface area (Å²) < 4.78 is 36.8. The predicted molar refractivity (Wildman–Crippen MR) is 158 cm³/mol. The minimum absolute atomic E-state index is 0.0214. The fourth-order valence-corrected chi connectivity index (χ4v) is 7.22. The summed E-state index contributed by atoms with van der Waals surface area (Å²) in [4.78, 5) is 0. The van der Waals surface area contributed by atoms with E-state index in [2.05, 4.69) is 13.8 Å². The molecule has 2 saturated carbocycles. The first-order chi connectivity index (χ1) is 18.5. The number of alkyl halides is 2. The Labute approximate surface area is 233 Å². The van der Waals surface area contributed by atoms with Gasteiger partial charge in [0.25, 0.3) is 5.92 Å². The summed E-state index contributed by atoms with van der Waals surface area (Å²) in [5.41, 5.74) is 1.06. The molecule has 1 aromatic rings. The molecule has 3 heteroatoms. The molecule has 0 amide bonds. The van der Waals surface area contributed by atoms with Gasteiger partial charge in [0, 0.05) is 12.3 Å². The van der Waals surface area contributed by atoms with Crippen molar-refractivity contribution in [2.24, 2.45) is 17.8 Å². The van der Waals surface area contributed by atoms with E-state index in [9.17, 15) is 0 Å². The first-order valence-electron chi connectivity index (χ1n) is 16.6. The molecule has 0 saturated heterocycles. The average molecular weight is 533 g/mol. The van der Waals surface area contributed by atoms with Crippen LogP contribution >= 0.6 is 0 Å². The molecule has 38 heavy (non-hydrogen) atoms. The van der Waals surface area contributed by atoms with Crippen LogP contribution in [0, 0.1) is 17.8 Å². The third-order valence-electron chi connectivity index (χ3n) is 9.68. The van der Waals surface area contributed by atoms with Crippen LogP contribution in [0.1, 0.15) is 160 Å². The summed E-state index contributed by atoms with van der Waals surface area (Å²) in [6.45, 7) is 5.25. The van der Waals surface area contributed by atoms with Crippen LogP contribution in [0.5, 0.6) is 5.75 Å². The second-order valence-corrected chi connectivity index (χ2v) is 12.7. The van der Waals surface area contributed by atoms with Gasteiger partial charge < -0.3 is 4.74 Å². The van der Waals surface area contributed by atoms with Gasteiger partial charge >= 0.3 is 0 Å². The van der Waals surface area contributed by atoms with E-state index < -0.39 is 11.8 Å². The zero-order valence-corrected chi connectivity index (χ0v) is 24.8. The molecular formula is C35H58F2O. The third kappa shape index (κ3) is 10.8. The number of hydrogen-bond donors (Lipinski definition) is 0. The highest BCUT2D eigenvalue weighted by molar-refractivity contribution is 5.30. The summed E-state index contributed by atoms with van der Waals surface area (Å²) in [6.07, 6.45) is 24.4. The Kier molecular flexibility index (Phi) is 14.5. The average Bonchev–Trinajstić information content (AvgIpc) is 2.92. The van der Waals surface area contributed by atoms with Gasteiger partial charge in [-0.15, -0.1) is 0 Å². The van der Waals surface area contributed by atoms with E-state index in [4.69, 9.17) is 4.74 Å². The summed E-state index contributed by atoms with van der Waals surface area (Å²) in [5.74, 6) is -1.08. The maximum Gasteiger partial charge on any atom is 0.251 e. The molecule has 0 spiro atoms. The van der Waals surface area contributed by atoms with Crippen molar-refractivity contribution in [1.82, 2.24) is 0 Å². The Morgan fingerprint density at radius 1 is 0.684 bits per heavy atom. The van der Waals surface area contributed by atoms with Crippen LogP contribution in [0.4, 0.5) is 8.78 Å². The molecule has 0 heterocycles. The molecule has 0 N–H and O–H groups in total. The van der Waals surface area contributed by atoms with Gasteiger partial charge in [-0.1, -0.05) is 122 Å². The lowest BCUT2D eigenvalue weighted by molar-refractivity contribution is -0.118. The lowest BCUT2D eigenvalue weighted by Crippen LogP contribution is -2.40. The maximum atomic E-state index is 15.4. The molecular weight excluding hydrogens is 474 g/mol. The van der Waals surface area contributed by atoms with Gasteiger partial charge in [0.15, 0.2) is 0 Å². The van der Waals surface area contributed by atoms with Gasteiger partial charge in [-0.25, -0.2) is 8.78 Å². The highest BCUT2D eigenvalue weighted by Gasteiger charge is 2.49. The number of ether oxygens (including phenoxy) is 1. The van der Waals surface area contributed by atoms with E-state index in [1.54, 1.807) is 0 Å². The summed E-state index contributed by atoms with van der Waals surface area (Å²) in [5, 5.41) is 0. The number of hydrogen-bond acceptors (Lipinski definition) is 1. The van der Waals surface area contributed by atoms with E-state index in [-0.39, 0.29) is 18.3 Å². The monoisotopic (exact) mass is 532 g/mol. The predicted octanol–water partition coefficient (Wildman–Crippen LogP) is 11.9. The molecule has 2 aliphatic carbocycles. The highest BCUT2D eigenvalue weighted by atomic mass is 19.3. The van der Waals surface area contributed by atoms with Crippen LogP contribution in [-0.2, 0) is 0 Å². The number of halogens is 2. The van der Waals surface area contributed by atoms with Crippen molar-refractivity contribution in [1.29, 1.82) is 0 Å². The van der Waals surface area contributed by atoms with Gasteiger partial charge in [0.2, 0.25) is 0 Å². The number of rotatable bonds is 18. The van der Waals surface area contributed by atoms with Crippen molar-refractivity contribution in [3.8, 4) is 5.75 Å². The SMILES string of the molecule is CCCCCCCCCC1CCC([C@H]2CC[C@H](c3ccc(OCCCCCCCC)cc3)CC2(F)F)CC1. The molecule has 0 bridgehead atoms. The van der Waals surface area contributed by atoms with Crippen molar-refractivity contribution in [2.45, 2.75) is 161 Å². The van der Waals surface area contributed by atoms with E-state index in [1.165, 1.54) is 96.3 Å². The first-order valence-corrected chi connectivity index (χ1v) is 16.6. The zero-order valence-electron chi connectivity index (χ0n) is 24.8. The van der Waals surface area contributed by atoms with Crippen molar-refractivity contribution in [3.05, 3.63) is 29.8 Å². The topological polar surface area (TPSA) is 9.23 Å². The summed E-state index contributed by atoms with van der Waals surface area (Å²) in [7, 11) is 0. The molecule has 2 aliphatic rings. The van der Waals surface area contributed by atoms with Crippen LogP contribution in [0.2, 0.25) is 0 Å². The smallest absolute Gasteiger partial charge is 0.251 e. The van der Waals surface area contributed by atoms with E-state index in [1.807, 2.05) is 24.3 Å². The molecule has 218 valence electrons. The Balaban J connectivity index is 1.34. The molecule has 1 aromatic carbocycles. The van der Waals surface area contributed by atoms with Gasteiger partial charge in [0.05, 0.1) is 6.61 Å². The summed E-state index contributed by atoms with van der Waals surface area (Å²) >= 11 is 0. The minimum atomic E-state index is -2.54. The van der Waals surface area contributed by atoms with Crippen molar-refractivity contribution >= 4 is 0 Å². The molecule has 0 aliphatic heterocycles. The summed E-state index contributed by atoms with van der Waals surface area (Å²) in [6, 6.07) is 8.05. The van der Waals surface area contributed by atoms with Crippen molar-refractivity contribution in [3.63, 3.8) is 0 Å². The van der Waals surface area contributed by atoms with Crippen LogP contribution in [-0.4, -0.2) is 12.5 Å². The van der Waals surface area contributed by atoms with Crippen LogP contribution < -0.4 is 4.74 Å². The fraction of sp³-hybridized carbons (Fsp3) is 0.829. The normalized spacial score (nSPS) is 25.4. The fourth-order valence-electron chi connectivity index (χ4n) is 7.22. The Morgan fingerprint density at radius 2 is 1.26 bits per heavy atom. The first kappa shape index (κ1) is 31.4. The van der Waals surface area contributed by atoms with E-state index in [0.717, 1.165) is 49.5 Å². The maximum absolute atomic E-state index is 15.4. The Morgan fingerprint density at radius 3 is 1.87 bits per heavy atom. The van der Waals surface area contributed by atoms with Gasteiger partial charge in [-0.05, 0) is 67.6 Å².